The van der Waals surface area contributed by atoms with Crippen molar-refractivity contribution in [1.82, 2.24) is 4.90 Å². The Kier molecular flexibility index (Phi) is 5.07. The third-order valence-corrected chi connectivity index (χ3v) is 4.13. The first-order valence-corrected chi connectivity index (χ1v) is 6.65. The van der Waals surface area contributed by atoms with Crippen molar-refractivity contribution in [3.63, 3.8) is 0 Å². The van der Waals surface area contributed by atoms with Crippen molar-refractivity contribution >= 4 is 11.7 Å². The van der Waals surface area contributed by atoms with E-state index >= 15 is 0 Å². The number of fused-ring (bicyclic) bond motifs is 1. The molecule has 0 unspecified atom stereocenters. The van der Waals surface area contributed by atoms with Crippen LogP contribution >= 0.6 is 0 Å². The van der Waals surface area contributed by atoms with Crippen LogP contribution in [0.15, 0.2) is 18.2 Å². The molecular formula is C14H16FN2NaO2. The van der Waals surface area contributed by atoms with E-state index in [0.29, 0.717) is 6.04 Å². The van der Waals surface area contributed by atoms with E-state index in [-0.39, 0.29) is 35.1 Å². The molecule has 2 heterocycles. The van der Waals surface area contributed by atoms with Crippen molar-refractivity contribution in [2.45, 2.75) is 18.9 Å². The number of anilines is 1. The van der Waals surface area contributed by atoms with Gasteiger partial charge in [-0.05, 0) is 37.6 Å². The Morgan fingerprint density at radius 1 is 1.30 bits per heavy atom. The largest absolute Gasteiger partial charge is 1.00 e. The molecule has 0 aromatic heterocycles. The minimum atomic E-state index is -1.47. The van der Waals surface area contributed by atoms with E-state index < -0.39 is 11.8 Å². The predicted molar refractivity (Wildman–Crippen MR) is 67.5 cm³/mol. The summed E-state index contributed by atoms with van der Waals surface area (Å²) < 4.78 is 13.7. The van der Waals surface area contributed by atoms with Gasteiger partial charge in [-0.25, -0.2) is 4.39 Å². The molecular weight excluding hydrogens is 270 g/mol. The van der Waals surface area contributed by atoms with Crippen LogP contribution in [0.2, 0.25) is 0 Å². The van der Waals surface area contributed by atoms with Gasteiger partial charge in [0, 0.05) is 36.9 Å². The zero-order valence-electron chi connectivity index (χ0n) is 11.6. The summed E-state index contributed by atoms with van der Waals surface area (Å²) in [6.45, 7) is 3.91. The van der Waals surface area contributed by atoms with Gasteiger partial charge in [0.05, 0.1) is 5.97 Å². The SMILES string of the molecule is O=C([O-])c1ccc(N2CCN3CCC[C@@H]3C2)cc1F.[Na+]. The molecule has 1 aromatic carbocycles. The number of carbonyl (C=O) groups is 1. The quantitative estimate of drug-likeness (QED) is 0.563. The maximum atomic E-state index is 13.7. The van der Waals surface area contributed by atoms with Crippen molar-refractivity contribution in [1.29, 1.82) is 0 Å². The summed E-state index contributed by atoms with van der Waals surface area (Å²) >= 11 is 0. The zero-order valence-corrected chi connectivity index (χ0v) is 13.6. The van der Waals surface area contributed by atoms with Crippen LogP contribution in [0, 0.1) is 5.82 Å². The summed E-state index contributed by atoms with van der Waals surface area (Å²) in [5, 5.41) is 10.7. The van der Waals surface area contributed by atoms with Crippen molar-refractivity contribution in [2.24, 2.45) is 0 Å². The number of carboxylic acid groups (broad SMARTS) is 1. The van der Waals surface area contributed by atoms with Gasteiger partial charge < -0.3 is 14.8 Å². The van der Waals surface area contributed by atoms with Crippen LogP contribution in [-0.2, 0) is 0 Å². The molecule has 2 saturated heterocycles. The molecule has 2 aliphatic heterocycles. The van der Waals surface area contributed by atoms with Crippen LogP contribution in [-0.4, -0.2) is 43.1 Å². The van der Waals surface area contributed by atoms with E-state index in [1.165, 1.54) is 25.0 Å². The van der Waals surface area contributed by atoms with E-state index in [4.69, 9.17) is 0 Å². The molecule has 0 saturated carbocycles. The Morgan fingerprint density at radius 3 is 2.80 bits per heavy atom. The molecule has 6 heteroatoms. The zero-order chi connectivity index (χ0) is 13.4. The number of carbonyl (C=O) groups excluding carboxylic acids is 1. The number of benzene rings is 1. The Hall–Kier alpha value is -0.620. The summed E-state index contributed by atoms with van der Waals surface area (Å²) in [5.41, 5.74) is 0.386. The molecule has 1 atom stereocenters. The number of nitrogens with zero attached hydrogens (tertiary/aromatic N) is 2. The number of halogens is 1. The number of hydrogen-bond donors (Lipinski definition) is 0. The molecule has 2 aliphatic rings. The smallest absolute Gasteiger partial charge is 0.545 e. The van der Waals surface area contributed by atoms with Gasteiger partial charge in [0.2, 0.25) is 0 Å². The standard InChI is InChI=1S/C14H17FN2O2.Na/c15-13-8-10(3-4-12(13)14(18)19)17-7-6-16-5-1-2-11(16)9-17;/h3-4,8,11H,1-2,5-7,9H2,(H,18,19);/q;+1/p-1/t11-;/m1./s1. The number of piperazine rings is 1. The number of carboxylic acids is 1. The van der Waals surface area contributed by atoms with Crippen molar-refractivity contribution < 1.29 is 43.8 Å². The fraction of sp³-hybridized carbons (Fsp3) is 0.500. The molecule has 1 aromatic rings. The van der Waals surface area contributed by atoms with Crippen LogP contribution in [0.5, 0.6) is 0 Å². The second-order valence-corrected chi connectivity index (χ2v) is 5.23. The van der Waals surface area contributed by atoms with Gasteiger partial charge in [-0.3, -0.25) is 4.90 Å². The van der Waals surface area contributed by atoms with Crippen molar-refractivity contribution in [3.05, 3.63) is 29.6 Å². The predicted octanol–water partition coefficient (Wildman–Crippen LogP) is -2.52. The van der Waals surface area contributed by atoms with Crippen molar-refractivity contribution in [2.75, 3.05) is 31.1 Å². The first kappa shape index (κ1) is 15.8. The topological polar surface area (TPSA) is 46.6 Å². The van der Waals surface area contributed by atoms with E-state index in [9.17, 15) is 14.3 Å². The molecule has 0 amide bonds. The molecule has 0 N–H and O–H groups in total. The summed E-state index contributed by atoms with van der Waals surface area (Å²) in [6, 6.07) is 4.81. The van der Waals surface area contributed by atoms with E-state index in [1.54, 1.807) is 6.07 Å². The fourth-order valence-corrected chi connectivity index (χ4v) is 3.09. The van der Waals surface area contributed by atoms with Crippen LogP contribution in [0.4, 0.5) is 10.1 Å². The van der Waals surface area contributed by atoms with Gasteiger partial charge in [-0.15, -0.1) is 0 Å². The monoisotopic (exact) mass is 286 g/mol. The minimum absolute atomic E-state index is 0. The van der Waals surface area contributed by atoms with Crippen LogP contribution in [0.1, 0.15) is 23.2 Å². The number of aromatic carboxylic acids is 1. The van der Waals surface area contributed by atoms with Crippen LogP contribution in [0.3, 0.4) is 0 Å². The molecule has 0 radical (unpaired) electrons. The molecule has 2 fully saturated rings. The maximum absolute atomic E-state index is 13.7. The number of rotatable bonds is 2. The third kappa shape index (κ3) is 3.01. The average Bonchev–Trinajstić information content (AvgIpc) is 2.85. The van der Waals surface area contributed by atoms with Crippen LogP contribution < -0.4 is 39.6 Å². The molecule has 0 spiro atoms. The van der Waals surface area contributed by atoms with Gasteiger partial charge >= 0.3 is 29.6 Å². The second-order valence-electron chi connectivity index (χ2n) is 5.23. The van der Waals surface area contributed by atoms with Crippen molar-refractivity contribution in [3.8, 4) is 0 Å². The first-order chi connectivity index (χ1) is 9.15. The average molecular weight is 286 g/mol. The Balaban J connectivity index is 0.00000147. The van der Waals surface area contributed by atoms with E-state index in [2.05, 4.69) is 9.80 Å². The molecule has 4 nitrogen and oxygen atoms in total. The molecule has 20 heavy (non-hydrogen) atoms. The van der Waals surface area contributed by atoms with E-state index in [0.717, 1.165) is 31.9 Å². The van der Waals surface area contributed by atoms with Gasteiger partial charge in [-0.1, -0.05) is 0 Å². The number of hydrogen-bond acceptors (Lipinski definition) is 4. The normalized spacial score (nSPS) is 22.2. The summed E-state index contributed by atoms with van der Waals surface area (Å²) in [4.78, 5) is 15.3. The third-order valence-electron chi connectivity index (χ3n) is 4.13. The Bertz CT molecular complexity index is 512. The minimum Gasteiger partial charge on any atom is -0.545 e. The Labute approximate surface area is 139 Å². The Morgan fingerprint density at radius 2 is 2.10 bits per heavy atom. The summed E-state index contributed by atoms with van der Waals surface area (Å²) in [6.07, 6.45) is 2.42. The van der Waals surface area contributed by atoms with Gasteiger partial charge in [0.25, 0.3) is 0 Å². The first-order valence-electron chi connectivity index (χ1n) is 6.65. The van der Waals surface area contributed by atoms with Gasteiger partial charge in [0.1, 0.15) is 5.82 Å². The van der Waals surface area contributed by atoms with Crippen LogP contribution in [0.25, 0.3) is 0 Å². The summed E-state index contributed by atoms with van der Waals surface area (Å²) in [7, 11) is 0. The van der Waals surface area contributed by atoms with E-state index in [1.807, 2.05) is 0 Å². The fourth-order valence-electron chi connectivity index (χ4n) is 3.09. The molecule has 0 bridgehead atoms. The molecule has 3 rings (SSSR count). The second kappa shape index (κ2) is 6.43. The maximum Gasteiger partial charge on any atom is 1.00 e. The molecule has 102 valence electrons. The van der Waals surface area contributed by atoms with Gasteiger partial charge in [-0.2, -0.15) is 0 Å². The summed E-state index contributed by atoms with van der Waals surface area (Å²) in [5.74, 6) is -2.18. The van der Waals surface area contributed by atoms with Gasteiger partial charge in [0.15, 0.2) is 0 Å². The molecule has 0 aliphatic carbocycles.